The first-order chi connectivity index (χ1) is 8.11. The lowest BCUT2D eigenvalue weighted by molar-refractivity contribution is -0.149. The fraction of sp³-hybridized carbons (Fsp3) is 0.667. The molecule has 1 aliphatic heterocycles. The summed E-state index contributed by atoms with van der Waals surface area (Å²) in [5.74, 6) is -0.469. The zero-order valence-corrected chi connectivity index (χ0v) is 10.9. The van der Waals surface area contributed by atoms with Crippen LogP contribution in [0.5, 0.6) is 0 Å². The van der Waals surface area contributed by atoms with Gasteiger partial charge in [0, 0.05) is 12.2 Å². The average Bonchev–Trinajstić information content (AvgIpc) is 2.70. The number of hydrogen-bond acceptors (Lipinski definition) is 3. The van der Waals surface area contributed by atoms with Crippen LogP contribution in [0.3, 0.4) is 0 Å². The summed E-state index contributed by atoms with van der Waals surface area (Å²) in [5.41, 5.74) is 0. The van der Waals surface area contributed by atoms with E-state index in [0.29, 0.717) is 18.6 Å². The van der Waals surface area contributed by atoms with E-state index in [1.807, 2.05) is 6.92 Å². The molecule has 0 aromatic heterocycles. The van der Waals surface area contributed by atoms with E-state index in [1.54, 1.807) is 22.7 Å². The summed E-state index contributed by atoms with van der Waals surface area (Å²) in [4.78, 5) is 24.7. The Balaban J connectivity index is 2.73. The average molecular weight is 257 g/mol. The van der Waals surface area contributed by atoms with E-state index >= 15 is 0 Å². The van der Waals surface area contributed by atoms with Crippen LogP contribution >= 0.6 is 11.8 Å². The van der Waals surface area contributed by atoms with Crippen molar-refractivity contribution in [2.24, 2.45) is 0 Å². The Kier molecular flexibility index (Phi) is 5.55. The van der Waals surface area contributed by atoms with Crippen LogP contribution in [-0.4, -0.2) is 39.1 Å². The molecule has 96 valence electrons. The van der Waals surface area contributed by atoms with E-state index in [9.17, 15) is 9.59 Å². The smallest absolute Gasteiger partial charge is 0.327 e. The van der Waals surface area contributed by atoms with Crippen LogP contribution < -0.4 is 0 Å². The molecule has 1 fully saturated rings. The predicted molar refractivity (Wildman–Crippen MR) is 68.9 cm³/mol. The molecule has 1 rings (SSSR count). The van der Waals surface area contributed by atoms with E-state index in [4.69, 9.17) is 5.11 Å². The zero-order chi connectivity index (χ0) is 12.8. The summed E-state index contributed by atoms with van der Waals surface area (Å²) in [6.07, 6.45) is 4.45. The molecule has 1 amide bonds. The molecule has 0 bridgehead atoms. The number of carboxylic acid groups (broad SMARTS) is 1. The molecule has 0 spiro atoms. The standard InChI is InChI=1S/C12H19NO3S/c1-3-5-7-10(14)13-9(12(15)16)8-17-11(13)6-4-2/h3,9,11H,1,4-8H2,2H3,(H,15,16). The van der Waals surface area contributed by atoms with E-state index < -0.39 is 12.0 Å². The number of carboxylic acids is 1. The van der Waals surface area contributed by atoms with Gasteiger partial charge in [-0.15, -0.1) is 18.3 Å². The molecule has 0 radical (unpaired) electrons. The highest BCUT2D eigenvalue weighted by molar-refractivity contribution is 8.00. The van der Waals surface area contributed by atoms with Crippen LogP contribution in [0.15, 0.2) is 12.7 Å². The monoisotopic (exact) mass is 257 g/mol. The molecule has 2 atom stereocenters. The number of carbonyl (C=O) groups excluding carboxylic acids is 1. The van der Waals surface area contributed by atoms with Crippen LogP contribution in [0.1, 0.15) is 32.6 Å². The summed E-state index contributed by atoms with van der Waals surface area (Å²) in [6, 6.07) is -0.658. The molecule has 1 saturated heterocycles. The van der Waals surface area contributed by atoms with Gasteiger partial charge in [0.25, 0.3) is 0 Å². The van der Waals surface area contributed by atoms with Crippen molar-refractivity contribution in [1.82, 2.24) is 4.90 Å². The lowest BCUT2D eigenvalue weighted by atomic mass is 10.2. The van der Waals surface area contributed by atoms with E-state index in [0.717, 1.165) is 12.8 Å². The van der Waals surface area contributed by atoms with Crippen LogP contribution in [-0.2, 0) is 9.59 Å². The quantitative estimate of drug-likeness (QED) is 0.740. The molecular formula is C12H19NO3S. The molecule has 0 aromatic rings. The first-order valence-corrected chi connectivity index (χ1v) is 6.93. The first-order valence-electron chi connectivity index (χ1n) is 5.88. The maximum absolute atomic E-state index is 12.0. The SMILES string of the molecule is C=CCCC(=O)N1C(CCC)SCC1C(=O)O. The highest BCUT2D eigenvalue weighted by atomic mass is 32.2. The molecule has 4 nitrogen and oxygen atoms in total. The first kappa shape index (κ1) is 14.1. The zero-order valence-electron chi connectivity index (χ0n) is 10.1. The topological polar surface area (TPSA) is 57.6 Å². The van der Waals surface area contributed by atoms with Crippen molar-refractivity contribution in [1.29, 1.82) is 0 Å². The Labute approximate surface area is 106 Å². The molecule has 1 heterocycles. The Bertz CT molecular complexity index is 306. The van der Waals surface area contributed by atoms with Crippen LogP contribution in [0.2, 0.25) is 0 Å². The second-order valence-electron chi connectivity index (χ2n) is 4.06. The Morgan fingerprint density at radius 1 is 1.59 bits per heavy atom. The van der Waals surface area contributed by atoms with Crippen molar-refractivity contribution in [2.75, 3.05) is 5.75 Å². The minimum Gasteiger partial charge on any atom is -0.480 e. The molecule has 5 heteroatoms. The number of allylic oxidation sites excluding steroid dienone is 1. The number of rotatable bonds is 6. The van der Waals surface area contributed by atoms with Crippen LogP contribution in [0.25, 0.3) is 0 Å². The van der Waals surface area contributed by atoms with Gasteiger partial charge in [-0.3, -0.25) is 4.79 Å². The minimum absolute atomic E-state index is 0.0263. The molecule has 0 aliphatic carbocycles. The Morgan fingerprint density at radius 3 is 2.82 bits per heavy atom. The molecule has 0 aromatic carbocycles. The van der Waals surface area contributed by atoms with Crippen molar-refractivity contribution in [3.63, 3.8) is 0 Å². The summed E-state index contributed by atoms with van der Waals surface area (Å²) in [5, 5.41) is 9.14. The lowest BCUT2D eigenvalue weighted by Crippen LogP contribution is -2.45. The Morgan fingerprint density at radius 2 is 2.29 bits per heavy atom. The van der Waals surface area contributed by atoms with Gasteiger partial charge in [-0.25, -0.2) is 4.79 Å². The van der Waals surface area contributed by atoms with Gasteiger partial charge in [-0.1, -0.05) is 19.4 Å². The fourth-order valence-corrected chi connectivity index (χ4v) is 3.45. The molecular weight excluding hydrogens is 238 g/mol. The second-order valence-corrected chi connectivity index (χ2v) is 5.27. The van der Waals surface area contributed by atoms with Crippen molar-refractivity contribution in [3.8, 4) is 0 Å². The molecule has 0 saturated carbocycles. The van der Waals surface area contributed by atoms with E-state index in [-0.39, 0.29) is 11.3 Å². The minimum atomic E-state index is -0.900. The summed E-state index contributed by atoms with van der Waals surface area (Å²) < 4.78 is 0. The normalized spacial score (nSPS) is 23.7. The number of hydrogen-bond donors (Lipinski definition) is 1. The Hall–Kier alpha value is -0.970. The van der Waals surface area contributed by atoms with Crippen LogP contribution in [0, 0.1) is 0 Å². The van der Waals surface area contributed by atoms with Crippen molar-refractivity contribution >= 4 is 23.6 Å². The van der Waals surface area contributed by atoms with Gasteiger partial charge < -0.3 is 10.0 Å². The maximum Gasteiger partial charge on any atom is 0.327 e. The van der Waals surface area contributed by atoms with Gasteiger partial charge >= 0.3 is 5.97 Å². The largest absolute Gasteiger partial charge is 0.480 e. The van der Waals surface area contributed by atoms with Gasteiger partial charge in [0.1, 0.15) is 6.04 Å². The van der Waals surface area contributed by atoms with Gasteiger partial charge in [0.05, 0.1) is 5.37 Å². The number of aliphatic carboxylic acids is 1. The second kappa shape index (κ2) is 6.69. The predicted octanol–water partition coefficient (Wildman–Crippen LogP) is 2.11. The summed E-state index contributed by atoms with van der Waals surface area (Å²) >= 11 is 1.57. The maximum atomic E-state index is 12.0. The van der Waals surface area contributed by atoms with Gasteiger partial charge in [-0.2, -0.15) is 0 Å². The number of nitrogens with zero attached hydrogens (tertiary/aromatic N) is 1. The van der Waals surface area contributed by atoms with Gasteiger partial charge in [0.15, 0.2) is 0 Å². The highest BCUT2D eigenvalue weighted by Gasteiger charge is 2.40. The highest BCUT2D eigenvalue weighted by Crippen LogP contribution is 2.32. The summed E-state index contributed by atoms with van der Waals surface area (Å²) in [7, 11) is 0. The fourth-order valence-electron chi connectivity index (χ4n) is 1.91. The van der Waals surface area contributed by atoms with Gasteiger partial charge in [-0.05, 0) is 12.8 Å². The van der Waals surface area contributed by atoms with Crippen LogP contribution in [0.4, 0.5) is 0 Å². The summed E-state index contributed by atoms with van der Waals surface area (Å²) in [6.45, 7) is 5.62. The number of amides is 1. The molecule has 2 unspecified atom stereocenters. The third-order valence-electron chi connectivity index (χ3n) is 2.76. The van der Waals surface area contributed by atoms with Gasteiger partial charge in [0.2, 0.25) is 5.91 Å². The third-order valence-corrected chi connectivity index (χ3v) is 4.12. The number of thioether (sulfide) groups is 1. The lowest BCUT2D eigenvalue weighted by Gasteiger charge is -2.27. The van der Waals surface area contributed by atoms with Crippen molar-refractivity contribution in [3.05, 3.63) is 12.7 Å². The number of carbonyl (C=O) groups is 2. The van der Waals surface area contributed by atoms with E-state index in [1.165, 1.54) is 0 Å². The third kappa shape index (κ3) is 3.49. The van der Waals surface area contributed by atoms with E-state index in [2.05, 4.69) is 6.58 Å². The van der Waals surface area contributed by atoms with Crippen molar-refractivity contribution in [2.45, 2.75) is 44.0 Å². The molecule has 1 N–H and O–H groups in total. The van der Waals surface area contributed by atoms with Crippen molar-refractivity contribution < 1.29 is 14.7 Å². The molecule has 17 heavy (non-hydrogen) atoms. The molecule has 1 aliphatic rings.